The smallest absolute Gasteiger partial charge is 0.321 e. The van der Waals surface area contributed by atoms with Crippen molar-refractivity contribution in [3.05, 3.63) is 157 Å². The van der Waals surface area contributed by atoms with E-state index in [-0.39, 0.29) is 80.9 Å². The zero-order valence-corrected chi connectivity index (χ0v) is 65.6. The van der Waals surface area contributed by atoms with Gasteiger partial charge in [-0.2, -0.15) is 13.2 Å². The molecule has 7 aromatic rings. The minimum Gasteiger partial charge on any atom is -1.00 e. The molecular weight excluding hydrogens is 1490 g/mol. The van der Waals surface area contributed by atoms with Gasteiger partial charge in [0.05, 0.1) is 25.5 Å². The molecule has 109 heavy (non-hydrogen) atoms. The van der Waals surface area contributed by atoms with E-state index in [0.717, 1.165) is 67.1 Å². The number of esters is 1. The summed E-state index contributed by atoms with van der Waals surface area (Å²) in [6.07, 6.45) is 1.99. The molecular formula is C74H95ClN14O17S3. The summed E-state index contributed by atoms with van der Waals surface area (Å²) in [6, 6.07) is 26.4. The summed E-state index contributed by atoms with van der Waals surface area (Å²) in [6.45, 7) is 10.9. The number of hydrogen-bond acceptors (Lipinski definition) is 20. The Kier molecular flexibility index (Phi) is 29.1. The van der Waals surface area contributed by atoms with Gasteiger partial charge in [-0.05, 0) is 184 Å². The van der Waals surface area contributed by atoms with E-state index in [1.165, 1.54) is 45.0 Å². The van der Waals surface area contributed by atoms with Crippen LogP contribution in [0.15, 0.2) is 129 Å². The third-order valence-electron chi connectivity index (χ3n) is 18.3. The Labute approximate surface area is 640 Å². The number of ether oxygens (including phenoxy) is 2. The lowest BCUT2D eigenvalue weighted by atomic mass is 9.88. The Morgan fingerprint density at radius 2 is 1.28 bits per heavy atom. The fraction of sp³-hybridized carbons (Fsp3) is 0.419. The van der Waals surface area contributed by atoms with E-state index >= 15 is 0 Å². The summed E-state index contributed by atoms with van der Waals surface area (Å²) in [7, 11) is -12.1. The number of pyridine rings is 1. The lowest BCUT2D eigenvalue weighted by Gasteiger charge is -2.35. The SMILES string of the molecule is Cc1c(C)c(S(=O)(=O)NC(N)=NCCC[C@H](NC(=O)CCNC(=O)CCCCCNC(=O)c2cccc(-c3c4cc(N)ccc4c4ccc(N)cc4[n+]3C)c2)C(=O)NCCCN(CCCN(CC(=O)OC(C)(C)C)S(=O)(=O)c2ccccc2[N+](=O)[O-])S(=O)(=O)c2ccccc2[N+](=O)[O-])c(C)c2c1OC(C)(C)CC2.[Cl-]. The highest BCUT2D eigenvalue weighted by Crippen LogP contribution is 2.43. The molecule has 1 atom stereocenters. The summed E-state index contributed by atoms with van der Waals surface area (Å²) in [5, 5.41) is 38.1. The molecule has 35 heteroatoms. The lowest BCUT2D eigenvalue weighted by molar-refractivity contribution is -0.632. The number of sulfonamides is 3. The van der Waals surface area contributed by atoms with Crippen LogP contribution >= 0.6 is 0 Å². The zero-order chi connectivity index (χ0) is 79.2. The average Bonchev–Trinajstić information content (AvgIpc) is 0.747. The maximum atomic E-state index is 14.5. The Bertz CT molecular complexity index is 5000. The van der Waals surface area contributed by atoms with Gasteiger partial charge in [0.25, 0.3) is 27.3 Å². The number of rotatable bonds is 35. The average molecular weight is 1580 g/mol. The number of amides is 4. The number of para-hydroxylation sites is 2. The minimum atomic E-state index is -4.88. The van der Waals surface area contributed by atoms with Crippen molar-refractivity contribution in [2.45, 2.75) is 158 Å². The molecule has 4 amide bonds. The van der Waals surface area contributed by atoms with Crippen molar-refractivity contribution in [1.29, 1.82) is 0 Å². The van der Waals surface area contributed by atoms with Crippen LogP contribution in [0.25, 0.3) is 32.9 Å². The van der Waals surface area contributed by atoms with Crippen LogP contribution in [-0.4, -0.2) is 149 Å². The van der Waals surface area contributed by atoms with Crippen molar-refractivity contribution in [2.75, 3.05) is 63.8 Å². The number of carbonyl (C=O) groups is 5. The Balaban J connectivity index is 0.0000165. The topological polar surface area (TPSA) is 453 Å². The normalized spacial score (nSPS) is 13.4. The highest BCUT2D eigenvalue weighted by molar-refractivity contribution is 7.90. The summed E-state index contributed by atoms with van der Waals surface area (Å²) in [5.41, 5.74) is 22.1. The number of nitrogens with zero attached hydrogens (tertiary/aromatic N) is 6. The first-order chi connectivity index (χ1) is 50.8. The van der Waals surface area contributed by atoms with Crippen LogP contribution < -0.4 is 64.9 Å². The number of nitro groups is 2. The molecule has 0 saturated heterocycles. The van der Waals surface area contributed by atoms with E-state index in [9.17, 15) is 69.5 Å². The summed E-state index contributed by atoms with van der Waals surface area (Å²) in [5.74, 6) is -2.90. The third-order valence-corrected chi connectivity index (χ3v) is 23.8. The minimum absolute atomic E-state index is 0. The number of carbonyl (C=O) groups excluding carboxylic acids is 5. The first-order valence-corrected chi connectivity index (χ1v) is 39.6. The van der Waals surface area contributed by atoms with Crippen LogP contribution in [0.4, 0.5) is 22.7 Å². The fourth-order valence-corrected chi connectivity index (χ4v) is 17.7. The van der Waals surface area contributed by atoms with Crippen molar-refractivity contribution in [3.8, 4) is 17.0 Å². The van der Waals surface area contributed by atoms with Gasteiger partial charge < -0.3 is 60.3 Å². The van der Waals surface area contributed by atoms with E-state index in [0.29, 0.717) is 82.3 Å². The van der Waals surface area contributed by atoms with Gasteiger partial charge in [0.1, 0.15) is 36.6 Å². The highest BCUT2D eigenvalue weighted by Gasteiger charge is 2.38. The molecule has 0 spiro atoms. The van der Waals surface area contributed by atoms with E-state index in [2.05, 4.69) is 31.0 Å². The van der Waals surface area contributed by atoms with E-state index in [4.69, 9.17) is 26.7 Å². The molecule has 0 aliphatic carbocycles. The highest BCUT2D eigenvalue weighted by atomic mass is 35.5. The monoisotopic (exact) mass is 1580 g/mol. The number of guanidine groups is 1. The second kappa shape index (κ2) is 36.8. The first kappa shape index (κ1) is 86.1. The van der Waals surface area contributed by atoms with Crippen LogP contribution in [0.5, 0.6) is 5.75 Å². The number of unbranched alkanes of at least 4 members (excludes halogenated alkanes) is 2. The second-order valence-corrected chi connectivity index (χ2v) is 33.5. The molecule has 0 radical (unpaired) electrons. The van der Waals surface area contributed by atoms with E-state index < -0.39 is 135 Å². The number of aryl methyl sites for hydroxylation is 1. The number of hydrogen-bond donors (Lipinski definition) is 8. The number of nitrogens with one attached hydrogen (secondary N) is 5. The summed E-state index contributed by atoms with van der Waals surface area (Å²) in [4.78, 5) is 92.8. The van der Waals surface area contributed by atoms with Gasteiger partial charge in [-0.3, -0.25) is 49.2 Å². The van der Waals surface area contributed by atoms with E-state index in [1.807, 2.05) is 80.1 Å². The number of benzene rings is 6. The number of anilines is 2. The number of nitrogens with two attached hydrogens (primary N) is 3. The van der Waals surface area contributed by atoms with Gasteiger partial charge in [-0.15, -0.1) is 0 Å². The van der Waals surface area contributed by atoms with Gasteiger partial charge in [0, 0.05) is 105 Å². The van der Waals surface area contributed by atoms with Crippen LogP contribution in [0, 0.1) is 41.0 Å². The Morgan fingerprint density at radius 1 is 0.679 bits per heavy atom. The van der Waals surface area contributed by atoms with Gasteiger partial charge in [0.2, 0.25) is 54.9 Å². The standard InChI is InChI=1S/C74H94N14O17S3.ClH/c1-47-48(2)69(49(3)54-33-35-74(7,8)105-68(47)54)106(98,99)83-72(77)81-37-18-23-58(82-65(90)34-39-78-64(89)28-11-10-16-36-79-70(92)51-22-17-21-50(43-51)67-57-44-52(75)29-31-55(57)56-32-30-53(76)45-61(56)84(67)9)71(93)80-38-19-40-85(107(100,101)62-26-14-12-24-59(62)87(94)95)41-20-42-86(46-66(91)104-73(4,5)6)108(102,103)63-27-15-13-25-60(63)88(96)97;/h12-15,17,21-22,24-27,29-32,43-45,58,76H,10-11,16,18-20,23,28,33-42,46,75H2,1-9H3,(H7,77,78,79,80,81,82,83,89,90,92,93);1H/t58-;/m0./s1. The molecule has 2 heterocycles. The van der Waals surface area contributed by atoms with Crippen LogP contribution in [0.3, 0.4) is 0 Å². The van der Waals surface area contributed by atoms with Crippen LogP contribution in [-0.2, 0) is 67.5 Å². The molecule has 0 bridgehead atoms. The van der Waals surface area contributed by atoms with Gasteiger partial charge in [-0.25, -0.2) is 30.0 Å². The number of nitro benzene ring substituents is 2. The number of halogens is 1. The molecule has 1 aromatic heterocycles. The van der Waals surface area contributed by atoms with Crippen LogP contribution in [0.2, 0.25) is 0 Å². The van der Waals surface area contributed by atoms with E-state index in [1.54, 1.807) is 26.8 Å². The fourth-order valence-electron chi connectivity index (χ4n) is 12.9. The number of nitrogen functional groups attached to an aromatic ring is 2. The molecule has 588 valence electrons. The van der Waals surface area contributed by atoms with Gasteiger partial charge >= 0.3 is 5.97 Å². The molecule has 8 rings (SSSR count). The quantitative estimate of drug-likeness (QED) is 0.00312. The molecule has 1 aliphatic rings. The second-order valence-electron chi connectivity index (χ2n) is 28.0. The molecule has 0 unspecified atom stereocenters. The molecule has 6 aromatic carbocycles. The van der Waals surface area contributed by atoms with Crippen molar-refractivity contribution >= 4 is 110 Å². The third kappa shape index (κ3) is 22.1. The number of aromatic nitrogens is 1. The molecule has 31 nitrogen and oxygen atoms in total. The molecule has 11 N–H and O–H groups in total. The molecule has 1 aliphatic heterocycles. The van der Waals surface area contributed by atoms with Crippen molar-refractivity contribution in [1.82, 2.24) is 34.6 Å². The number of aliphatic imine (C=N–C) groups is 1. The maximum Gasteiger partial charge on any atom is 0.321 e. The van der Waals surface area contributed by atoms with Gasteiger partial charge in [0.15, 0.2) is 9.79 Å². The lowest BCUT2D eigenvalue weighted by Crippen LogP contribution is -3.00. The maximum absolute atomic E-state index is 14.5. The summed E-state index contributed by atoms with van der Waals surface area (Å²) >= 11 is 0. The molecule has 0 saturated carbocycles. The Hall–Kier alpha value is -10.1. The van der Waals surface area contributed by atoms with Crippen LogP contribution in [0.1, 0.15) is 131 Å². The first-order valence-electron chi connectivity index (χ1n) is 35.3. The van der Waals surface area contributed by atoms with Crippen molar-refractivity contribution < 1.29 is 85.5 Å². The van der Waals surface area contributed by atoms with Crippen molar-refractivity contribution in [3.63, 3.8) is 0 Å². The predicted octanol–water partition coefficient (Wildman–Crippen LogP) is 4.47. The van der Waals surface area contributed by atoms with Gasteiger partial charge in [-0.1, -0.05) is 42.8 Å². The molecule has 0 fully saturated rings. The largest absolute Gasteiger partial charge is 1.00 e. The predicted molar refractivity (Wildman–Crippen MR) is 409 cm³/mol. The number of fused-ring (bicyclic) bond motifs is 4. The Morgan fingerprint density at radius 3 is 1.94 bits per heavy atom. The van der Waals surface area contributed by atoms with Crippen molar-refractivity contribution in [2.24, 2.45) is 17.8 Å². The summed E-state index contributed by atoms with van der Waals surface area (Å²) < 4.78 is 103. The zero-order valence-electron chi connectivity index (χ0n) is 62.4.